The quantitative estimate of drug-likeness (QED) is 0.274. The Bertz CT molecular complexity index is 1230. The number of ketones is 1. The summed E-state index contributed by atoms with van der Waals surface area (Å²) < 4.78 is 0. The Kier molecular flexibility index (Phi) is 6.08. The van der Waals surface area contributed by atoms with Crippen molar-refractivity contribution in [3.63, 3.8) is 0 Å². The van der Waals surface area contributed by atoms with Crippen LogP contribution in [0, 0.1) is 10.1 Å². The highest BCUT2D eigenvalue weighted by molar-refractivity contribution is 6.12. The predicted molar refractivity (Wildman–Crippen MR) is 134 cm³/mol. The van der Waals surface area contributed by atoms with Crippen LogP contribution in [0.25, 0.3) is 0 Å². The Morgan fingerprint density at radius 1 is 0.882 bits per heavy atom. The molecule has 1 heterocycles. The molecule has 0 radical (unpaired) electrons. The van der Waals surface area contributed by atoms with Gasteiger partial charge in [0.2, 0.25) is 0 Å². The minimum absolute atomic E-state index is 0.0428. The Labute approximate surface area is 198 Å². The van der Waals surface area contributed by atoms with Gasteiger partial charge in [0.05, 0.1) is 22.3 Å². The van der Waals surface area contributed by atoms with Gasteiger partial charge in [0.25, 0.3) is 5.69 Å². The van der Waals surface area contributed by atoms with Crippen LogP contribution < -0.4 is 10.6 Å². The molecule has 1 unspecified atom stereocenters. The number of amidine groups is 1. The van der Waals surface area contributed by atoms with Crippen molar-refractivity contribution in [1.82, 2.24) is 0 Å². The largest absolute Gasteiger partial charge is 0.370 e. The average Bonchev–Trinajstić information content (AvgIpc) is 2.89. The standard InChI is InChI=1S/C27H26N4O3/c32-26(19-7-3-1-4-8-19)20-13-16-23-24(17-20)29-25(18-11-14-22(15-12-18)31(33)34)27(30-23)28-21-9-5-2-6-10-21/h1,3-4,7-8,11-17,21,25,29H,2,5-6,9-10H2,(H,28,30). The summed E-state index contributed by atoms with van der Waals surface area (Å²) in [5.74, 6) is 0.758. The minimum Gasteiger partial charge on any atom is -0.370 e. The topological polar surface area (TPSA) is 96.6 Å². The number of carbonyl (C=O) groups is 1. The Morgan fingerprint density at radius 2 is 1.62 bits per heavy atom. The second-order valence-corrected chi connectivity index (χ2v) is 8.81. The maximum Gasteiger partial charge on any atom is 0.269 e. The number of carbonyl (C=O) groups excluding carboxylic acids is 1. The predicted octanol–water partition coefficient (Wildman–Crippen LogP) is 6.14. The first kappa shape index (κ1) is 21.8. The lowest BCUT2D eigenvalue weighted by atomic mass is 9.95. The summed E-state index contributed by atoms with van der Waals surface area (Å²) in [6.07, 6.45) is 5.74. The third-order valence-corrected chi connectivity index (χ3v) is 6.49. The molecule has 172 valence electrons. The number of nitro benzene ring substituents is 1. The molecule has 5 rings (SSSR count). The Hall–Kier alpha value is -4.00. The van der Waals surface area contributed by atoms with Crippen LogP contribution in [0.5, 0.6) is 0 Å². The smallest absolute Gasteiger partial charge is 0.269 e. The number of hydrogen-bond donors (Lipinski definition) is 2. The van der Waals surface area contributed by atoms with Crippen molar-refractivity contribution in [2.75, 3.05) is 10.6 Å². The van der Waals surface area contributed by atoms with Gasteiger partial charge in [-0.1, -0.05) is 49.6 Å². The van der Waals surface area contributed by atoms with Gasteiger partial charge < -0.3 is 10.6 Å². The first-order chi connectivity index (χ1) is 16.6. The van der Waals surface area contributed by atoms with Crippen LogP contribution in [-0.4, -0.2) is 22.6 Å². The maximum atomic E-state index is 13.0. The van der Waals surface area contributed by atoms with Crippen molar-refractivity contribution in [1.29, 1.82) is 0 Å². The lowest BCUT2D eigenvalue weighted by Crippen LogP contribution is -2.34. The van der Waals surface area contributed by atoms with Crippen molar-refractivity contribution >= 4 is 28.7 Å². The fraction of sp³-hybridized carbons (Fsp3) is 0.259. The van der Waals surface area contributed by atoms with Gasteiger partial charge in [-0.25, -0.2) is 0 Å². The normalized spacial score (nSPS) is 19.1. The second kappa shape index (κ2) is 9.47. The van der Waals surface area contributed by atoms with E-state index in [4.69, 9.17) is 4.99 Å². The molecule has 1 atom stereocenters. The van der Waals surface area contributed by atoms with E-state index in [1.807, 2.05) is 48.5 Å². The average molecular weight is 455 g/mol. The molecular formula is C27H26N4O3. The highest BCUT2D eigenvalue weighted by atomic mass is 16.6. The Morgan fingerprint density at radius 3 is 2.32 bits per heavy atom. The summed E-state index contributed by atoms with van der Waals surface area (Å²) in [5.41, 5.74) is 3.81. The molecule has 0 saturated heterocycles. The van der Waals surface area contributed by atoms with Gasteiger partial charge in [-0.15, -0.1) is 0 Å². The molecule has 2 aliphatic rings. The second-order valence-electron chi connectivity index (χ2n) is 8.81. The van der Waals surface area contributed by atoms with Gasteiger partial charge >= 0.3 is 0 Å². The van der Waals surface area contributed by atoms with E-state index >= 15 is 0 Å². The molecule has 7 heteroatoms. The number of nitrogens with zero attached hydrogens (tertiary/aromatic N) is 2. The van der Waals surface area contributed by atoms with Crippen molar-refractivity contribution in [3.8, 4) is 0 Å². The molecule has 0 amide bonds. The molecule has 1 saturated carbocycles. The third-order valence-electron chi connectivity index (χ3n) is 6.49. The molecule has 3 aromatic rings. The van der Waals surface area contributed by atoms with Gasteiger partial charge in [-0.05, 0) is 48.7 Å². The lowest BCUT2D eigenvalue weighted by molar-refractivity contribution is -0.384. The van der Waals surface area contributed by atoms with E-state index in [0.29, 0.717) is 11.1 Å². The van der Waals surface area contributed by atoms with Crippen molar-refractivity contribution < 1.29 is 9.72 Å². The van der Waals surface area contributed by atoms with Crippen LogP contribution in [0.2, 0.25) is 0 Å². The van der Waals surface area contributed by atoms with E-state index in [1.165, 1.54) is 31.4 Å². The molecule has 0 bridgehead atoms. The summed E-state index contributed by atoms with van der Waals surface area (Å²) in [6, 6.07) is 21.3. The summed E-state index contributed by atoms with van der Waals surface area (Å²) >= 11 is 0. The molecule has 3 aromatic carbocycles. The van der Waals surface area contributed by atoms with Gasteiger partial charge in [-0.3, -0.25) is 19.9 Å². The zero-order chi connectivity index (χ0) is 23.5. The van der Waals surface area contributed by atoms with Gasteiger partial charge in [0.15, 0.2) is 5.78 Å². The summed E-state index contributed by atoms with van der Waals surface area (Å²) in [4.78, 5) is 28.8. The number of hydrogen-bond acceptors (Lipinski definition) is 5. The molecule has 0 aromatic heterocycles. The number of nitrogens with one attached hydrogen (secondary N) is 2. The maximum absolute atomic E-state index is 13.0. The lowest BCUT2D eigenvalue weighted by Gasteiger charge is -2.32. The van der Waals surface area contributed by atoms with Crippen LogP contribution in [0.3, 0.4) is 0 Å². The number of aliphatic imine (C=N–C) groups is 1. The van der Waals surface area contributed by atoms with E-state index in [-0.39, 0.29) is 23.6 Å². The number of non-ortho nitro benzene ring substituents is 1. The highest BCUT2D eigenvalue weighted by Gasteiger charge is 2.28. The molecule has 7 nitrogen and oxygen atoms in total. The summed E-state index contributed by atoms with van der Waals surface area (Å²) in [6.45, 7) is 0. The number of anilines is 2. The molecular weight excluding hydrogens is 428 g/mol. The Balaban J connectivity index is 1.49. The van der Waals surface area contributed by atoms with E-state index < -0.39 is 4.92 Å². The number of nitro groups is 1. The van der Waals surface area contributed by atoms with E-state index in [2.05, 4.69) is 10.6 Å². The van der Waals surface area contributed by atoms with E-state index in [0.717, 1.165) is 35.6 Å². The van der Waals surface area contributed by atoms with Crippen molar-refractivity contribution in [2.45, 2.75) is 44.2 Å². The highest BCUT2D eigenvalue weighted by Crippen LogP contribution is 2.35. The fourth-order valence-corrected chi connectivity index (χ4v) is 4.65. The van der Waals surface area contributed by atoms with Crippen LogP contribution in [0.15, 0.2) is 77.8 Å². The van der Waals surface area contributed by atoms with Crippen LogP contribution in [-0.2, 0) is 0 Å². The molecule has 0 spiro atoms. The number of rotatable bonds is 5. The van der Waals surface area contributed by atoms with Crippen LogP contribution in [0.1, 0.15) is 59.6 Å². The zero-order valence-corrected chi connectivity index (χ0v) is 18.7. The summed E-state index contributed by atoms with van der Waals surface area (Å²) in [5, 5.41) is 18.1. The monoisotopic (exact) mass is 454 g/mol. The van der Waals surface area contributed by atoms with Crippen LogP contribution >= 0.6 is 0 Å². The van der Waals surface area contributed by atoms with E-state index in [1.54, 1.807) is 12.1 Å². The summed E-state index contributed by atoms with van der Waals surface area (Å²) in [7, 11) is 0. The van der Waals surface area contributed by atoms with Gasteiger partial charge in [0, 0.05) is 23.3 Å². The van der Waals surface area contributed by atoms with Gasteiger partial charge in [-0.2, -0.15) is 0 Å². The van der Waals surface area contributed by atoms with Crippen molar-refractivity contribution in [3.05, 3.63) is 99.6 Å². The van der Waals surface area contributed by atoms with Gasteiger partial charge in [0.1, 0.15) is 11.9 Å². The van der Waals surface area contributed by atoms with E-state index in [9.17, 15) is 14.9 Å². The number of benzene rings is 3. The van der Waals surface area contributed by atoms with Crippen molar-refractivity contribution in [2.24, 2.45) is 4.99 Å². The molecule has 2 N–H and O–H groups in total. The fourth-order valence-electron chi connectivity index (χ4n) is 4.65. The third kappa shape index (κ3) is 4.55. The number of fused-ring (bicyclic) bond motifs is 1. The SMILES string of the molecule is O=C(c1ccccc1)c1ccc2c(c1)NC(c1ccc([N+](=O)[O-])cc1)C(=NC1CCCCC1)N2. The molecule has 1 aliphatic carbocycles. The molecule has 1 aliphatic heterocycles. The minimum atomic E-state index is -0.399. The molecule has 34 heavy (non-hydrogen) atoms. The first-order valence-corrected chi connectivity index (χ1v) is 11.7. The van der Waals surface area contributed by atoms with Crippen LogP contribution in [0.4, 0.5) is 17.1 Å². The zero-order valence-electron chi connectivity index (χ0n) is 18.7. The first-order valence-electron chi connectivity index (χ1n) is 11.7. The molecule has 1 fully saturated rings.